The summed E-state index contributed by atoms with van der Waals surface area (Å²) >= 11 is 0. The van der Waals surface area contributed by atoms with E-state index in [-0.39, 0.29) is 6.04 Å². The zero-order valence-electron chi connectivity index (χ0n) is 12.2. The molecule has 2 aromatic heterocycles. The van der Waals surface area contributed by atoms with Crippen molar-refractivity contribution in [2.45, 2.75) is 25.8 Å². The molecule has 21 heavy (non-hydrogen) atoms. The number of rotatable bonds is 2. The highest BCUT2D eigenvalue weighted by atomic mass is 32.2. The molecule has 3 rings (SSSR count). The highest BCUT2D eigenvalue weighted by molar-refractivity contribution is 7.88. The van der Waals surface area contributed by atoms with Gasteiger partial charge in [-0.2, -0.15) is 0 Å². The average molecular weight is 309 g/mol. The SMILES string of the molecule is Cc1cn(C2CCN(S(C)(=O)=O)CC2)c2ncnc(N)c12. The number of aromatic nitrogens is 3. The van der Waals surface area contributed by atoms with Gasteiger partial charge in [0.1, 0.15) is 17.8 Å². The van der Waals surface area contributed by atoms with E-state index in [2.05, 4.69) is 14.5 Å². The number of fused-ring (bicyclic) bond motifs is 1. The van der Waals surface area contributed by atoms with Crippen LogP contribution < -0.4 is 5.73 Å². The van der Waals surface area contributed by atoms with Gasteiger partial charge in [0.2, 0.25) is 10.0 Å². The molecule has 0 radical (unpaired) electrons. The highest BCUT2D eigenvalue weighted by Gasteiger charge is 2.27. The van der Waals surface area contributed by atoms with Crippen LogP contribution in [0.25, 0.3) is 11.0 Å². The van der Waals surface area contributed by atoms with Crippen LogP contribution in [-0.2, 0) is 10.0 Å². The minimum atomic E-state index is -3.10. The number of aryl methyl sites for hydroxylation is 1. The van der Waals surface area contributed by atoms with E-state index in [4.69, 9.17) is 5.73 Å². The van der Waals surface area contributed by atoms with Gasteiger partial charge in [0.15, 0.2) is 0 Å². The predicted octanol–water partition coefficient (Wildman–Crippen LogP) is 0.918. The van der Waals surface area contributed by atoms with Gasteiger partial charge in [0.05, 0.1) is 11.6 Å². The smallest absolute Gasteiger partial charge is 0.211 e. The van der Waals surface area contributed by atoms with Crippen LogP contribution in [0.2, 0.25) is 0 Å². The Morgan fingerprint density at radius 3 is 2.57 bits per heavy atom. The Morgan fingerprint density at radius 1 is 1.29 bits per heavy atom. The maximum absolute atomic E-state index is 11.6. The second-order valence-corrected chi connectivity index (χ2v) is 7.55. The van der Waals surface area contributed by atoms with Crippen LogP contribution in [0.1, 0.15) is 24.4 Å². The lowest BCUT2D eigenvalue weighted by molar-refractivity contribution is 0.278. The molecule has 0 atom stereocenters. The second kappa shape index (κ2) is 4.96. The van der Waals surface area contributed by atoms with Crippen molar-refractivity contribution in [1.29, 1.82) is 0 Å². The van der Waals surface area contributed by atoms with Gasteiger partial charge in [-0.05, 0) is 25.3 Å². The van der Waals surface area contributed by atoms with Crippen LogP contribution in [0, 0.1) is 6.92 Å². The topological polar surface area (TPSA) is 94.1 Å². The van der Waals surface area contributed by atoms with Gasteiger partial charge < -0.3 is 10.3 Å². The third-order valence-corrected chi connectivity index (χ3v) is 5.42. The van der Waals surface area contributed by atoms with Crippen molar-refractivity contribution < 1.29 is 8.42 Å². The van der Waals surface area contributed by atoms with E-state index in [1.54, 1.807) is 0 Å². The first-order valence-electron chi connectivity index (χ1n) is 6.90. The summed E-state index contributed by atoms with van der Waals surface area (Å²) in [7, 11) is -3.10. The summed E-state index contributed by atoms with van der Waals surface area (Å²) in [5.41, 5.74) is 7.81. The third-order valence-electron chi connectivity index (χ3n) is 4.11. The maximum atomic E-state index is 11.6. The standard InChI is InChI=1S/C13H19N5O2S/c1-9-7-18(13-11(9)12(14)15-8-16-13)10-3-5-17(6-4-10)21(2,19)20/h7-8,10H,3-6H2,1-2H3,(H2,14,15,16). The summed E-state index contributed by atoms with van der Waals surface area (Å²) in [6.45, 7) is 3.08. The Labute approximate surface area is 123 Å². The molecule has 1 saturated heterocycles. The van der Waals surface area contributed by atoms with Gasteiger partial charge in [-0.25, -0.2) is 22.7 Å². The Balaban J connectivity index is 1.92. The maximum Gasteiger partial charge on any atom is 0.211 e. The fourth-order valence-corrected chi connectivity index (χ4v) is 3.90. The van der Waals surface area contributed by atoms with Crippen molar-refractivity contribution in [2.24, 2.45) is 0 Å². The third kappa shape index (κ3) is 2.49. The zero-order chi connectivity index (χ0) is 15.2. The van der Waals surface area contributed by atoms with E-state index < -0.39 is 10.0 Å². The number of hydrogen-bond acceptors (Lipinski definition) is 5. The van der Waals surface area contributed by atoms with Crippen LogP contribution in [0.15, 0.2) is 12.5 Å². The number of sulfonamides is 1. The first-order chi connectivity index (χ1) is 9.88. The normalized spacial score (nSPS) is 18.4. The molecule has 1 fully saturated rings. The molecule has 0 unspecified atom stereocenters. The quantitative estimate of drug-likeness (QED) is 0.890. The molecule has 0 spiro atoms. The number of anilines is 1. The Hall–Kier alpha value is -1.67. The molecule has 0 saturated carbocycles. The van der Waals surface area contributed by atoms with Crippen LogP contribution in [0.3, 0.4) is 0 Å². The number of nitrogens with zero attached hydrogens (tertiary/aromatic N) is 4. The van der Waals surface area contributed by atoms with Gasteiger partial charge in [0.25, 0.3) is 0 Å². The van der Waals surface area contributed by atoms with Crippen molar-refractivity contribution in [1.82, 2.24) is 18.8 Å². The molecule has 1 aliphatic rings. The molecule has 1 aliphatic heterocycles. The van der Waals surface area contributed by atoms with Crippen LogP contribution >= 0.6 is 0 Å². The minimum Gasteiger partial charge on any atom is -0.383 e. The number of piperidine rings is 1. The Kier molecular flexibility index (Phi) is 3.37. The zero-order valence-corrected chi connectivity index (χ0v) is 13.0. The summed E-state index contributed by atoms with van der Waals surface area (Å²) < 4.78 is 26.8. The summed E-state index contributed by atoms with van der Waals surface area (Å²) in [6.07, 6.45) is 6.33. The van der Waals surface area contributed by atoms with Crippen molar-refractivity contribution in [3.05, 3.63) is 18.1 Å². The first-order valence-corrected chi connectivity index (χ1v) is 8.75. The molecule has 0 aliphatic carbocycles. The van der Waals surface area contributed by atoms with Gasteiger partial charge in [-0.15, -0.1) is 0 Å². The van der Waals surface area contributed by atoms with Gasteiger partial charge in [-0.3, -0.25) is 0 Å². The summed E-state index contributed by atoms with van der Waals surface area (Å²) in [4.78, 5) is 8.38. The van der Waals surface area contributed by atoms with E-state index in [9.17, 15) is 8.42 Å². The first kappa shape index (κ1) is 14.3. The Morgan fingerprint density at radius 2 is 1.95 bits per heavy atom. The lowest BCUT2D eigenvalue weighted by Gasteiger charge is -2.31. The minimum absolute atomic E-state index is 0.244. The van der Waals surface area contributed by atoms with Crippen LogP contribution in [-0.4, -0.2) is 46.6 Å². The fraction of sp³-hybridized carbons (Fsp3) is 0.538. The van der Waals surface area contributed by atoms with Crippen molar-refractivity contribution in [3.63, 3.8) is 0 Å². The van der Waals surface area contributed by atoms with Gasteiger partial charge >= 0.3 is 0 Å². The molecule has 2 N–H and O–H groups in total. The van der Waals surface area contributed by atoms with Gasteiger partial charge in [-0.1, -0.05) is 0 Å². The molecule has 2 aromatic rings. The van der Waals surface area contributed by atoms with Crippen molar-refractivity contribution in [3.8, 4) is 0 Å². The van der Waals surface area contributed by atoms with Crippen LogP contribution in [0.5, 0.6) is 0 Å². The molecular weight excluding hydrogens is 290 g/mol. The molecule has 0 bridgehead atoms. The molecule has 3 heterocycles. The lowest BCUT2D eigenvalue weighted by atomic mass is 10.1. The predicted molar refractivity (Wildman–Crippen MR) is 81.4 cm³/mol. The number of nitrogens with two attached hydrogens (primary N) is 1. The summed E-state index contributed by atoms with van der Waals surface area (Å²) in [5.74, 6) is 0.491. The molecule has 0 amide bonds. The van der Waals surface area contributed by atoms with Crippen LogP contribution in [0.4, 0.5) is 5.82 Å². The lowest BCUT2D eigenvalue weighted by Crippen LogP contribution is -2.38. The molecule has 114 valence electrons. The Bertz CT molecular complexity index is 775. The van der Waals surface area contributed by atoms with Crippen molar-refractivity contribution in [2.75, 3.05) is 25.1 Å². The highest BCUT2D eigenvalue weighted by Crippen LogP contribution is 2.31. The summed E-state index contributed by atoms with van der Waals surface area (Å²) in [6, 6.07) is 0.244. The van der Waals surface area contributed by atoms with Crippen molar-refractivity contribution >= 4 is 26.9 Å². The second-order valence-electron chi connectivity index (χ2n) is 5.57. The molecule has 7 nitrogen and oxygen atoms in total. The van der Waals surface area contributed by atoms with E-state index in [1.165, 1.54) is 16.9 Å². The number of hydrogen-bond donors (Lipinski definition) is 1. The van der Waals surface area contributed by atoms with Gasteiger partial charge in [0, 0.05) is 25.3 Å². The monoisotopic (exact) mass is 309 g/mol. The van der Waals surface area contributed by atoms with E-state index in [0.717, 1.165) is 29.4 Å². The van der Waals surface area contributed by atoms with E-state index in [1.807, 2.05) is 13.1 Å². The average Bonchev–Trinajstić information content (AvgIpc) is 2.77. The number of nitrogen functional groups attached to an aromatic ring is 1. The fourth-order valence-electron chi connectivity index (χ4n) is 3.03. The largest absolute Gasteiger partial charge is 0.383 e. The van der Waals surface area contributed by atoms with E-state index in [0.29, 0.717) is 18.9 Å². The molecular formula is C13H19N5O2S. The molecule has 0 aromatic carbocycles. The summed E-state index contributed by atoms with van der Waals surface area (Å²) in [5, 5.41) is 0.892. The molecule has 8 heteroatoms. The van der Waals surface area contributed by atoms with E-state index >= 15 is 0 Å².